The summed E-state index contributed by atoms with van der Waals surface area (Å²) in [6.45, 7) is 5.88. The zero-order valence-electron chi connectivity index (χ0n) is 16.0. The maximum Gasteiger partial charge on any atom is 0.293 e. The number of piperidine rings is 1. The summed E-state index contributed by atoms with van der Waals surface area (Å²) in [5.74, 6) is 1.40. The molecule has 7 nitrogen and oxygen atoms in total. The van der Waals surface area contributed by atoms with Gasteiger partial charge in [-0.05, 0) is 43.9 Å². The predicted molar refractivity (Wildman–Crippen MR) is 107 cm³/mol. The first kappa shape index (κ1) is 18.2. The van der Waals surface area contributed by atoms with Gasteiger partial charge in [0.2, 0.25) is 5.82 Å². The van der Waals surface area contributed by atoms with Gasteiger partial charge in [0.05, 0.1) is 4.92 Å². The van der Waals surface area contributed by atoms with Gasteiger partial charge >= 0.3 is 0 Å². The van der Waals surface area contributed by atoms with Gasteiger partial charge in [0.1, 0.15) is 5.69 Å². The van der Waals surface area contributed by atoms with Crippen LogP contribution in [0, 0.1) is 23.0 Å². The Morgan fingerprint density at radius 2 is 1.93 bits per heavy atom. The van der Waals surface area contributed by atoms with Crippen molar-refractivity contribution in [2.24, 2.45) is 5.92 Å². The van der Waals surface area contributed by atoms with E-state index in [1.807, 2.05) is 37.3 Å². The lowest BCUT2D eigenvalue weighted by Crippen LogP contribution is -2.33. The molecule has 28 heavy (non-hydrogen) atoms. The Hall–Kier alpha value is -3.22. The Labute approximate surface area is 163 Å². The molecule has 0 radical (unpaired) electrons. The average Bonchev–Trinajstić information content (AvgIpc) is 3.18. The largest absolute Gasteiger partial charge is 0.366 e. The molecule has 1 saturated heterocycles. The molecule has 2 heterocycles. The fourth-order valence-corrected chi connectivity index (χ4v) is 3.56. The van der Waals surface area contributed by atoms with Crippen molar-refractivity contribution in [3.63, 3.8) is 0 Å². The zero-order chi connectivity index (χ0) is 19.7. The molecule has 3 aromatic rings. The molecule has 0 N–H and O–H groups in total. The van der Waals surface area contributed by atoms with Gasteiger partial charge in [-0.1, -0.05) is 35.8 Å². The number of aryl methyl sites for hydroxylation is 1. The quantitative estimate of drug-likeness (QED) is 0.476. The molecular formula is C21H22N4O3. The maximum atomic E-state index is 11.7. The smallest absolute Gasteiger partial charge is 0.293 e. The highest BCUT2D eigenvalue weighted by molar-refractivity contribution is 5.71. The molecular weight excluding hydrogens is 356 g/mol. The number of rotatable bonds is 4. The van der Waals surface area contributed by atoms with Crippen molar-refractivity contribution in [2.45, 2.75) is 26.7 Å². The molecule has 0 amide bonds. The van der Waals surface area contributed by atoms with Gasteiger partial charge in [-0.15, -0.1) is 0 Å². The van der Waals surface area contributed by atoms with Crippen LogP contribution in [0.2, 0.25) is 0 Å². The molecule has 0 spiro atoms. The summed E-state index contributed by atoms with van der Waals surface area (Å²) in [6, 6.07) is 12.9. The van der Waals surface area contributed by atoms with Gasteiger partial charge < -0.3 is 9.42 Å². The van der Waals surface area contributed by atoms with E-state index < -0.39 is 0 Å². The Balaban J connectivity index is 1.66. The van der Waals surface area contributed by atoms with E-state index in [0.717, 1.165) is 37.1 Å². The van der Waals surface area contributed by atoms with Crippen molar-refractivity contribution < 1.29 is 9.45 Å². The Bertz CT molecular complexity index is 1010. The summed E-state index contributed by atoms with van der Waals surface area (Å²) in [6.07, 6.45) is 2.09. The molecule has 7 heteroatoms. The third kappa shape index (κ3) is 3.60. The van der Waals surface area contributed by atoms with E-state index in [0.29, 0.717) is 23.0 Å². The summed E-state index contributed by atoms with van der Waals surface area (Å²) in [5.41, 5.74) is 3.22. The standard InChI is InChI=1S/C21H22N4O3/c1-14-8-10-24(11-9-14)18-7-6-17(13-19(18)25(26)27)21-22-20(23-28-21)16-5-3-4-15(2)12-16/h3-7,12-14H,8-11H2,1-2H3. The number of hydrogen-bond acceptors (Lipinski definition) is 6. The number of nitro groups is 1. The normalized spacial score (nSPS) is 15.0. The van der Waals surface area contributed by atoms with Crippen LogP contribution in [0.3, 0.4) is 0 Å². The number of nitrogens with zero attached hydrogens (tertiary/aromatic N) is 4. The van der Waals surface area contributed by atoms with Crippen molar-refractivity contribution in [3.05, 3.63) is 58.1 Å². The lowest BCUT2D eigenvalue weighted by molar-refractivity contribution is -0.384. The van der Waals surface area contributed by atoms with E-state index in [-0.39, 0.29) is 16.5 Å². The molecule has 0 unspecified atom stereocenters. The number of anilines is 1. The van der Waals surface area contributed by atoms with Crippen LogP contribution in [0.4, 0.5) is 11.4 Å². The Morgan fingerprint density at radius 1 is 1.14 bits per heavy atom. The van der Waals surface area contributed by atoms with Crippen LogP contribution in [0.1, 0.15) is 25.3 Å². The van der Waals surface area contributed by atoms with Gasteiger partial charge in [-0.3, -0.25) is 10.1 Å². The van der Waals surface area contributed by atoms with E-state index in [1.54, 1.807) is 6.07 Å². The molecule has 144 valence electrons. The highest BCUT2D eigenvalue weighted by Crippen LogP contribution is 2.35. The van der Waals surface area contributed by atoms with E-state index in [4.69, 9.17) is 4.52 Å². The van der Waals surface area contributed by atoms with Gasteiger partial charge in [0, 0.05) is 30.3 Å². The van der Waals surface area contributed by atoms with Crippen LogP contribution in [-0.4, -0.2) is 28.2 Å². The summed E-state index contributed by atoms with van der Waals surface area (Å²) in [5, 5.41) is 15.7. The molecule has 1 aromatic heterocycles. The first-order valence-corrected chi connectivity index (χ1v) is 9.46. The van der Waals surface area contributed by atoms with Crippen LogP contribution in [0.15, 0.2) is 47.0 Å². The van der Waals surface area contributed by atoms with Crippen molar-refractivity contribution in [3.8, 4) is 22.8 Å². The summed E-state index contributed by atoms with van der Waals surface area (Å²) < 4.78 is 5.38. The fraction of sp³-hybridized carbons (Fsp3) is 0.333. The van der Waals surface area contributed by atoms with Gasteiger partial charge in [0.25, 0.3) is 11.6 Å². The zero-order valence-corrected chi connectivity index (χ0v) is 16.0. The number of benzene rings is 2. The highest BCUT2D eigenvalue weighted by atomic mass is 16.6. The molecule has 0 aliphatic carbocycles. The monoisotopic (exact) mass is 378 g/mol. The first-order valence-electron chi connectivity index (χ1n) is 9.46. The molecule has 4 rings (SSSR count). The molecule has 0 bridgehead atoms. The topological polar surface area (TPSA) is 85.3 Å². The van der Waals surface area contributed by atoms with Gasteiger partial charge in [-0.2, -0.15) is 4.98 Å². The number of nitro benzene ring substituents is 1. The molecule has 0 atom stereocenters. The fourth-order valence-electron chi connectivity index (χ4n) is 3.56. The maximum absolute atomic E-state index is 11.7. The van der Waals surface area contributed by atoms with Gasteiger partial charge in [0.15, 0.2) is 0 Å². The van der Waals surface area contributed by atoms with Crippen molar-refractivity contribution in [2.75, 3.05) is 18.0 Å². The van der Waals surface area contributed by atoms with Crippen LogP contribution in [0.5, 0.6) is 0 Å². The summed E-state index contributed by atoms with van der Waals surface area (Å²) in [4.78, 5) is 17.9. The molecule has 1 aliphatic rings. The van der Waals surface area contributed by atoms with E-state index in [2.05, 4.69) is 22.0 Å². The second-order valence-electron chi connectivity index (χ2n) is 7.42. The summed E-state index contributed by atoms with van der Waals surface area (Å²) >= 11 is 0. The predicted octanol–water partition coefficient (Wildman–Crippen LogP) is 4.86. The highest BCUT2D eigenvalue weighted by Gasteiger charge is 2.25. The minimum absolute atomic E-state index is 0.0716. The Kier molecular flexibility index (Phi) is 4.81. The Morgan fingerprint density at radius 3 is 2.64 bits per heavy atom. The summed E-state index contributed by atoms with van der Waals surface area (Å²) in [7, 11) is 0. The first-order chi connectivity index (χ1) is 13.5. The van der Waals surface area contributed by atoms with E-state index >= 15 is 0 Å². The lowest BCUT2D eigenvalue weighted by Gasteiger charge is -2.31. The third-order valence-corrected chi connectivity index (χ3v) is 5.25. The van der Waals surface area contributed by atoms with E-state index in [1.165, 1.54) is 6.07 Å². The van der Waals surface area contributed by atoms with Crippen LogP contribution >= 0.6 is 0 Å². The van der Waals surface area contributed by atoms with Crippen LogP contribution in [0.25, 0.3) is 22.8 Å². The number of aromatic nitrogens is 2. The minimum atomic E-state index is -0.339. The SMILES string of the molecule is Cc1cccc(-c2noc(-c3ccc(N4CCC(C)CC4)c([N+](=O)[O-])c3)n2)c1. The lowest BCUT2D eigenvalue weighted by atomic mass is 9.98. The van der Waals surface area contributed by atoms with Gasteiger partial charge in [-0.25, -0.2) is 0 Å². The van der Waals surface area contributed by atoms with Crippen LogP contribution < -0.4 is 4.90 Å². The second-order valence-corrected chi connectivity index (χ2v) is 7.42. The molecule has 1 aliphatic heterocycles. The third-order valence-electron chi connectivity index (χ3n) is 5.25. The minimum Gasteiger partial charge on any atom is -0.366 e. The van der Waals surface area contributed by atoms with Crippen molar-refractivity contribution in [1.82, 2.24) is 10.1 Å². The second kappa shape index (κ2) is 7.42. The average molecular weight is 378 g/mol. The van der Waals surface area contributed by atoms with Crippen molar-refractivity contribution in [1.29, 1.82) is 0 Å². The molecule has 1 fully saturated rings. The van der Waals surface area contributed by atoms with Crippen molar-refractivity contribution >= 4 is 11.4 Å². The van der Waals surface area contributed by atoms with E-state index in [9.17, 15) is 10.1 Å². The van der Waals surface area contributed by atoms with Crippen LogP contribution in [-0.2, 0) is 0 Å². The number of hydrogen-bond donors (Lipinski definition) is 0. The molecule has 0 saturated carbocycles. The molecule has 2 aromatic carbocycles.